The van der Waals surface area contributed by atoms with E-state index in [1.807, 2.05) is 0 Å². The Hall–Kier alpha value is -1.33. The largest absolute Gasteiger partial charge is 0.416 e. The number of benzene rings is 1. The van der Waals surface area contributed by atoms with E-state index in [1.54, 1.807) is 0 Å². The van der Waals surface area contributed by atoms with Crippen LogP contribution >= 0.6 is 0 Å². The lowest BCUT2D eigenvalue weighted by atomic mass is 10.1. The minimum Gasteiger partial charge on any atom is -0.395 e. The van der Waals surface area contributed by atoms with Crippen LogP contribution in [0.25, 0.3) is 5.57 Å². The second kappa shape index (κ2) is 4.16. The molecule has 2 nitrogen and oxygen atoms in total. The van der Waals surface area contributed by atoms with Crippen molar-refractivity contribution in [2.24, 2.45) is 5.92 Å². The fraction of sp³-hybridized carbons (Fsp3) is 0.333. The fourth-order valence-electron chi connectivity index (χ4n) is 1.94. The van der Waals surface area contributed by atoms with Crippen molar-refractivity contribution in [1.82, 2.24) is 0 Å². The summed E-state index contributed by atoms with van der Waals surface area (Å²) < 4.78 is 37.0. The molecule has 2 rings (SSSR count). The van der Waals surface area contributed by atoms with Crippen LogP contribution in [0.4, 0.5) is 13.2 Å². The maximum absolute atomic E-state index is 12.3. The first-order valence-corrected chi connectivity index (χ1v) is 5.11. The number of alkyl halides is 3. The maximum atomic E-state index is 12.3. The predicted octanol–water partition coefficient (Wildman–Crippen LogP) is 2.07. The van der Waals surface area contributed by atoms with Gasteiger partial charge < -0.3 is 10.2 Å². The van der Waals surface area contributed by atoms with Crippen molar-refractivity contribution in [2.45, 2.75) is 6.18 Å². The molecule has 5 heteroatoms. The molecule has 0 bridgehead atoms. The first kappa shape index (κ1) is 12.1. The zero-order valence-electron chi connectivity index (χ0n) is 8.83. The van der Waals surface area contributed by atoms with E-state index >= 15 is 0 Å². The summed E-state index contributed by atoms with van der Waals surface area (Å²) in [5.41, 5.74) is 1.38. The normalized spacial score (nSPS) is 19.7. The minimum absolute atomic E-state index is 0.119. The van der Waals surface area contributed by atoms with Crippen molar-refractivity contribution < 1.29 is 23.4 Å². The van der Waals surface area contributed by atoms with Crippen LogP contribution in [-0.2, 0) is 6.18 Å². The van der Waals surface area contributed by atoms with Gasteiger partial charge >= 0.3 is 6.18 Å². The van der Waals surface area contributed by atoms with E-state index in [0.717, 1.165) is 17.7 Å². The van der Waals surface area contributed by atoms with Gasteiger partial charge in [-0.05, 0) is 28.8 Å². The van der Waals surface area contributed by atoms with Crippen LogP contribution < -0.4 is 0 Å². The second-order valence-corrected chi connectivity index (χ2v) is 3.91. The summed E-state index contributed by atoms with van der Waals surface area (Å²) >= 11 is 0. The summed E-state index contributed by atoms with van der Waals surface area (Å²) in [6.45, 7) is -0.284. The summed E-state index contributed by atoms with van der Waals surface area (Å²) in [5, 5.41) is 18.0. The molecule has 0 aliphatic heterocycles. The summed E-state index contributed by atoms with van der Waals surface area (Å²) in [7, 11) is 0. The average molecular weight is 244 g/mol. The monoisotopic (exact) mass is 244 g/mol. The SMILES string of the molecule is OCC1=C(c2ccc(C(F)(F)F)cc2)C1CO. The molecular weight excluding hydrogens is 233 g/mol. The van der Waals surface area contributed by atoms with Gasteiger partial charge in [0.1, 0.15) is 0 Å². The number of halogens is 3. The Morgan fingerprint density at radius 2 is 1.65 bits per heavy atom. The van der Waals surface area contributed by atoms with Crippen LogP contribution in [0, 0.1) is 5.92 Å². The molecule has 0 saturated heterocycles. The Balaban J connectivity index is 2.23. The molecule has 1 aromatic carbocycles. The van der Waals surface area contributed by atoms with E-state index in [2.05, 4.69) is 0 Å². The Bertz CT molecular complexity index is 446. The number of aliphatic hydroxyl groups excluding tert-OH is 2. The van der Waals surface area contributed by atoms with E-state index in [0.29, 0.717) is 11.1 Å². The number of hydrogen-bond acceptors (Lipinski definition) is 2. The van der Waals surface area contributed by atoms with Crippen LogP contribution in [0.3, 0.4) is 0 Å². The van der Waals surface area contributed by atoms with Gasteiger partial charge in [-0.15, -0.1) is 0 Å². The fourth-order valence-corrected chi connectivity index (χ4v) is 1.94. The lowest BCUT2D eigenvalue weighted by Gasteiger charge is -2.06. The van der Waals surface area contributed by atoms with Crippen molar-refractivity contribution in [2.75, 3.05) is 13.2 Å². The van der Waals surface area contributed by atoms with Gasteiger partial charge in [0, 0.05) is 5.92 Å². The van der Waals surface area contributed by atoms with E-state index < -0.39 is 11.7 Å². The molecule has 1 atom stereocenters. The molecule has 17 heavy (non-hydrogen) atoms. The van der Waals surface area contributed by atoms with Gasteiger partial charge in [0.25, 0.3) is 0 Å². The van der Waals surface area contributed by atoms with Gasteiger partial charge in [-0.3, -0.25) is 0 Å². The summed E-state index contributed by atoms with van der Waals surface area (Å²) in [5.74, 6) is -0.197. The molecular formula is C12H11F3O2. The van der Waals surface area contributed by atoms with Gasteiger partial charge in [0.15, 0.2) is 0 Å². The van der Waals surface area contributed by atoms with Gasteiger partial charge in [-0.1, -0.05) is 12.1 Å². The van der Waals surface area contributed by atoms with E-state index in [9.17, 15) is 13.2 Å². The Morgan fingerprint density at radius 1 is 1.06 bits per heavy atom. The molecule has 0 aromatic heterocycles. The third-order valence-corrected chi connectivity index (χ3v) is 2.91. The zero-order valence-corrected chi connectivity index (χ0v) is 8.83. The van der Waals surface area contributed by atoms with Crippen LogP contribution in [-0.4, -0.2) is 23.4 Å². The second-order valence-electron chi connectivity index (χ2n) is 3.91. The molecule has 0 heterocycles. The molecule has 1 aromatic rings. The molecule has 0 fully saturated rings. The Kier molecular flexibility index (Phi) is 2.97. The standard InChI is InChI=1S/C12H11F3O2/c13-12(14,15)8-3-1-7(2-4-8)11-9(5-16)10(11)6-17/h1-4,9,16-17H,5-6H2. The van der Waals surface area contributed by atoms with Crippen LogP contribution in [0.5, 0.6) is 0 Å². The maximum Gasteiger partial charge on any atom is 0.416 e. The molecule has 0 radical (unpaired) electrons. The highest BCUT2D eigenvalue weighted by atomic mass is 19.4. The lowest BCUT2D eigenvalue weighted by molar-refractivity contribution is -0.137. The molecule has 0 amide bonds. The van der Waals surface area contributed by atoms with Gasteiger partial charge in [-0.2, -0.15) is 13.2 Å². The van der Waals surface area contributed by atoms with E-state index in [-0.39, 0.29) is 19.1 Å². The van der Waals surface area contributed by atoms with Gasteiger partial charge in [-0.25, -0.2) is 0 Å². The summed E-state index contributed by atoms with van der Waals surface area (Å²) in [6.07, 6.45) is -4.34. The highest BCUT2D eigenvalue weighted by Gasteiger charge is 2.36. The lowest BCUT2D eigenvalue weighted by Crippen LogP contribution is -2.04. The highest BCUT2D eigenvalue weighted by molar-refractivity contribution is 5.86. The third kappa shape index (κ3) is 2.21. The average Bonchev–Trinajstić information content (AvgIpc) is 3.01. The number of hydrogen-bond donors (Lipinski definition) is 2. The molecule has 2 N–H and O–H groups in total. The highest BCUT2D eigenvalue weighted by Crippen LogP contribution is 2.46. The topological polar surface area (TPSA) is 40.5 Å². The van der Waals surface area contributed by atoms with Crippen molar-refractivity contribution >= 4 is 5.57 Å². The molecule has 1 aliphatic carbocycles. The predicted molar refractivity (Wildman–Crippen MR) is 56.0 cm³/mol. The zero-order chi connectivity index (χ0) is 12.6. The van der Waals surface area contributed by atoms with E-state index in [4.69, 9.17) is 10.2 Å². The van der Waals surface area contributed by atoms with Crippen molar-refractivity contribution in [3.05, 3.63) is 41.0 Å². The first-order valence-electron chi connectivity index (χ1n) is 5.11. The Morgan fingerprint density at radius 3 is 2.00 bits per heavy atom. The number of aliphatic hydroxyl groups is 2. The molecule has 0 saturated carbocycles. The number of rotatable bonds is 3. The quantitative estimate of drug-likeness (QED) is 0.854. The van der Waals surface area contributed by atoms with Crippen LogP contribution in [0.1, 0.15) is 11.1 Å². The van der Waals surface area contributed by atoms with Gasteiger partial charge in [0.05, 0.1) is 18.8 Å². The van der Waals surface area contributed by atoms with Crippen LogP contribution in [0.2, 0.25) is 0 Å². The summed E-state index contributed by atoms with van der Waals surface area (Å²) in [4.78, 5) is 0. The van der Waals surface area contributed by atoms with Crippen molar-refractivity contribution in [3.8, 4) is 0 Å². The summed E-state index contributed by atoms with van der Waals surface area (Å²) in [6, 6.07) is 4.74. The minimum atomic E-state index is -4.34. The van der Waals surface area contributed by atoms with Crippen molar-refractivity contribution in [3.63, 3.8) is 0 Å². The van der Waals surface area contributed by atoms with Crippen molar-refractivity contribution in [1.29, 1.82) is 0 Å². The molecule has 0 spiro atoms. The molecule has 1 unspecified atom stereocenters. The molecule has 1 aliphatic rings. The third-order valence-electron chi connectivity index (χ3n) is 2.91. The van der Waals surface area contributed by atoms with Crippen LogP contribution in [0.15, 0.2) is 29.8 Å². The Labute approximate surface area is 96.0 Å². The van der Waals surface area contributed by atoms with Gasteiger partial charge in [0.2, 0.25) is 0 Å². The molecule has 92 valence electrons. The van der Waals surface area contributed by atoms with E-state index in [1.165, 1.54) is 12.1 Å². The smallest absolute Gasteiger partial charge is 0.395 e. The first-order chi connectivity index (χ1) is 7.99.